The predicted octanol–water partition coefficient (Wildman–Crippen LogP) is -0.172. The topological polar surface area (TPSA) is 84.7 Å². The number of nitriles is 1. The van der Waals surface area contributed by atoms with Crippen LogP contribution in [0.2, 0.25) is 0 Å². The highest BCUT2D eigenvalue weighted by Gasteiger charge is 2.33. The van der Waals surface area contributed by atoms with Crippen LogP contribution in [0.4, 0.5) is 0 Å². The van der Waals surface area contributed by atoms with Crippen molar-refractivity contribution in [2.75, 3.05) is 33.2 Å². The predicted molar refractivity (Wildman–Crippen MR) is 75.9 cm³/mol. The highest BCUT2D eigenvalue weighted by atomic mass is 16.2. The molecule has 0 aromatic heterocycles. The SMILES string of the molecule is CC(C)N1CCN(CCC(=O)N(C)CCC#N)C(=O)C1=O. The number of hydrogen-bond donors (Lipinski definition) is 0. The first-order valence-corrected chi connectivity index (χ1v) is 7.09. The number of hydrogen-bond acceptors (Lipinski definition) is 4. The normalized spacial score (nSPS) is 15.4. The molecule has 1 aliphatic heterocycles. The third-order valence-corrected chi connectivity index (χ3v) is 3.55. The number of nitrogens with zero attached hydrogens (tertiary/aromatic N) is 4. The summed E-state index contributed by atoms with van der Waals surface area (Å²) in [6.45, 7) is 5.32. The first-order chi connectivity index (χ1) is 9.88. The summed E-state index contributed by atoms with van der Waals surface area (Å²) in [7, 11) is 1.63. The fourth-order valence-electron chi connectivity index (χ4n) is 2.16. The second-order valence-corrected chi connectivity index (χ2v) is 5.36. The van der Waals surface area contributed by atoms with Gasteiger partial charge in [0.05, 0.1) is 12.5 Å². The van der Waals surface area contributed by atoms with Crippen molar-refractivity contribution in [1.29, 1.82) is 5.26 Å². The molecule has 1 saturated heterocycles. The molecule has 21 heavy (non-hydrogen) atoms. The van der Waals surface area contributed by atoms with Gasteiger partial charge in [0, 0.05) is 45.7 Å². The van der Waals surface area contributed by atoms with Crippen molar-refractivity contribution in [3.05, 3.63) is 0 Å². The molecule has 3 amide bonds. The van der Waals surface area contributed by atoms with E-state index in [-0.39, 0.29) is 31.3 Å². The van der Waals surface area contributed by atoms with Gasteiger partial charge in [-0.05, 0) is 13.8 Å². The van der Waals surface area contributed by atoms with E-state index in [1.165, 1.54) is 9.80 Å². The Bertz CT molecular complexity index is 456. The fraction of sp³-hybridized carbons (Fsp3) is 0.714. The van der Waals surface area contributed by atoms with Crippen LogP contribution in [-0.2, 0) is 14.4 Å². The van der Waals surface area contributed by atoms with Crippen LogP contribution in [0, 0.1) is 11.3 Å². The maximum atomic E-state index is 12.0. The number of rotatable bonds is 6. The molecule has 0 N–H and O–H groups in total. The second kappa shape index (κ2) is 7.62. The van der Waals surface area contributed by atoms with Crippen LogP contribution >= 0.6 is 0 Å². The smallest absolute Gasteiger partial charge is 0.312 e. The lowest BCUT2D eigenvalue weighted by atomic mass is 10.2. The Balaban J connectivity index is 2.47. The highest BCUT2D eigenvalue weighted by Crippen LogP contribution is 2.09. The summed E-state index contributed by atoms with van der Waals surface area (Å²) in [6.07, 6.45) is 0.454. The minimum Gasteiger partial charge on any atom is -0.345 e. The molecule has 0 atom stereocenters. The van der Waals surface area contributed by atoms with E-state index in [0.717, 1.165) is 0 Å². The third kappa shape index (κ3) is 4.45. The number of amides is 3. The van der Waals surface area contributed by atoms with E-state index in [4.69, 9.17) is 5.26 Å². The molecule has 0 aromatic carbocycles. The number of carbonyl (C=O) groups is 3. The largest absolute Gasteiger partial charge is 0.345 e. The Morgan fingerprint density at radius 1 is 1.33 bits per heavy atom. The van der Waals surface area contributed by atoms with Gasteiger partial charge in [0.25, 0.3) is 0 Å². The van der Waals surface area contributed by atoms with E-state index in [0.29, 0.717) is 19.6 Å². The molecule has 7 nitrogen and oxygen atoms in total. The van der Waals surface area contributed by atoms with Crippen molar-refractivity contribution in [3.63, 3.8) is 0 Å². The van der Waals surface area contributed by atoms with Crippen LogP contribution in [0.5, 0.6) is 0 Å². The van der Waals surface area contributed by atoms with Gasteiger partial charge in [-0.2, -0.15) is 5.26 Å². The molecule has 0 saturated carbocycles. The molecular formula is C14H22N4O3. The molecule has 0 spiro atoms. The van der Waals surface area contributed by atoms with Gasteiger partial charge in [-0.15, -0.1) is 0 Å². The molecule has 1 rings (SSSR count). The molecular weight excluding hydrogens is 272 g/mol. The molecule has 0 aliphatic carbocycles. The van der Waals surface area contributed by atoms with Crippen LogP contribution in [0.25, 0.3) is 0 Å². The van der Waals surface area contributed by atoms with Gasteiger partial charge >= 0.3 is 11.8 Å². The Morgan fingerprint density at radius 3 is 2.57 bits per heavy atom. The van der Waals surface area contributed by atoms with E-state index < -0.39 is 11.8 Å². The van der Waals surface area contributed by atoms with Gasteiger partial charge in [-0.1, -0.05) is 0 Å². The highest BCUT2D eigenvalue weighted by molar-refractivity contribution is 6.35. The van der Waals surface area contributed by atoms with Gasteiger partial charge in [-0.25, -0.2) is 0 Å². The maximum Gasteiger partial charge on any atom is 0.312 e. The van der Waals surface area contributed by atoms with Crippen LogP contribution in [0.3, 0.4) is 0 Å². The van der Waals surface area contributed by atoms with E-state index >= 15 is 0 Å². The molecule has 7 heteroatoms. The maximum absolute atomic E-state index is 12.0. The van der Waals surface area contributed by atoms with Gasteiger partial charge in [0.1, 0.15) is 0 Å². The first kappa shape index (κ1) is 17.0. The molecule has 0 bridgehead atoms. The van der Waals surface area contributed by atoms with E-state index in [1.54, 1.807) is 11.9 Å². The summed E-state index contributed by atoms with van der Waals surface area (Å²) in [6, 6.07) is 1.98. The van der Waals surface area contributed by atoms with Crippen molar-refractivity contribution in [2.24, 2.45) is 0 Å². The standard InChI is InChI=1S/C14H22N4O3/c1-11(2)18-10-9-17(13(20)14(18)21)8-5-12(19)16(3)7-4-6-15/h11H,4-5,7-10H2,1-3H3. The fourth-order valence-corrected chi connectivity index (χ4v) is 2.16. The van der Waals surface area contributed by atoms with Crippen LogP contribution in [-0.4, -0.2) is 71.7 Å². The zero-order valence-electron chi connectivity index (χ0n) is 12.8. The van der Waals surface area contributed by atoms with E-state index in [2.05, 4.69) is 0 Å². The van der Waals surface area contributed by atoms with Crippen LogP contribution in [0.1, 0.15) is 26.7 Å². The second-order valence-electron chi connectivity index (χ2n) is 5.36. The van der Waals surface area contributed by atoms with Crippen molar-refractivity contribution in [2.45, 2.75) is 32.7 Å². The average Bonchev–Trinajstić information content (AvgIpc) is 2.45. The Kier molecular flexibility index (Phi) is 6.15. The Morgan fingerprint density at radius 2 is 2.00 bits per heavy atom. The minimum absolute atomic E-state index is 0.00217. The summed E-state index contributed by atoms with van der Waals surface area (Å²) < 4.78 is 0. The lowest BCUT2D eigenvalue weighted by Gasteiger charge is -2.36. The molecule has 0 radical (unpaired) electrons. The average molecular weight is 294 g/mol. The monoisotopic (exact) mass is 294 g/mol. The van der Waals surface area contributed by atoms with Crippen LogP contribution in [0.15, 0.2) is 0 Å². The van der Waals surface area contributed by atoms with E-state index in [1.807, 2.05) is 19.9 Å². The summed E-state index contributed by atoms with van der Waals surface area (Å²) in [5, 5.41) is 8.48. The zero-order chi connectivity index (χ0) is 16.0. The molecule has 1 heterocycles. The molecule has 1 aliphatic rings. The molecule has 1 fully saturated rings. The number of piperazine rings is 1. The Labute approximate surface area is 125 Å². The van der Waals surface area contributed by atoms with Crippen LogP contribution < -0.4 is 0 Å². The molecule has 116 valence electrons. The quantitative estimate of drug-likeness (QED) is 0.636. The summed E-state index contributed by atoms with van der Waals surface area (Å²) >= 11 is 0. The van der Waals surface area contributed by atoms with Gasteiger partial charge in [0.15, 0.2) is 0 Å². The van der Waals surface area contributed by atoms with Crippen molar-refractivity contribution in [1.82, 2.24) is 14.7 Å². The van der Waals surface area contributed by atoms with Crippen molar-refractivity contribution < 1.29 is 14.4 Å². The number of carbonyl (C=O) groups excluding carboxylic acids is 3. The summed E-state index contributed by atoms with van der Waals surface area (Å²) in [5.41, 5.74) is 0. The zero-order valence-corrected chi connectivity index (χ0v) is 12.8. The van der Waals surface area contributed by atoms with Crippen molar-refractivity contribution in [3.8, 4) is 6.07 Å². The lowest BCUT2D eigenvalue weighted by molar-refractivity contribution is -0.157. The minimum atomic E-state index is -0.539. The van der Waals surface area contributed by atoms with Gasteiger partial charge in [-0.3, -0.25) is 14.4 Å². The van der Waals surface area contributed by atoms with Crippen molar-refractivity contribution >= 4 is 17.7 Å². The third-order valence-electron chi connectivity index (χ3n) is 3.55. The first-order valence-electron chi connectivity index (χ1n) is 7.09. The Hall–Kier alpha value is -2.10. The van der Waals surface area contributed by atoms with Gasteiger partial charge < -0.3 is 14.7 Å². The summed E-state index contributed by atoms with van der Waals surface area (Å²) in [5.74, 6) is -1.17. The van der Waals surface area contributed by atoms with Gasteiger partial charge in [0.2, 0.25) is 5.91 Å². The van der Waals surface area contributed by atoms with E-state index in [9.17, 15) is 14.4 Å². The lowest BCUT2D eigenvalue weighted by Crippen LogP contribution is -2.56. The molecule has 0 unspecified atom stereocenters. The molecule has 0 aromatic rings. The summed E-state index contributed by atoms with van der Waals surface area (Å²) in [4.78, 5) is 40.1.